The summed E-state index contributed by atoms with van der Waals surface area (Å²) in [5.74, 6) is 0.0419. The molecule has 0 aliphatic carbocycles. The van der Waals surface area contributed by atoms with Gasteiger partial charge < -0.3 is 10.0 Å². The molecule has 0 aromatic carbocycles. The highest BCUT2D eigenvalue weighted by Gasteiger charge is 2.28. The fourth-order valence-electron chi connectivity index (χ4n) is 2.05. The van der Waals surface area contributed by atoms with Crippen LogP contribution in [0, 0.1) is 0 Å². The Morgan fingerprint density at radius 3 is 2.75 bits per heavy atom. The molecule has 5 nitrogen and oxygen atoms in total. The Hall–Kier alpha value is -0.170. The lowest BCUT2D eigenvalue weighted by molar-refractivity contribution is 0.187. The number of likely N-dealkylation sites (tertiary alicyclic amines) is 1. The van der Waals surface area contributed by atoms with Gasteiger partial charge in [0.25, 0.3) is 0 Å². The molecule has 0 spiro atoms. The van der Waals surface area contributed by atoms with Gasteiger partial charge in [0.15, 0.2) is 0 Å². The minimum absolute atomic E-state index is 0.0419. The van der Waals surface area contributed by atoms with E-state index in [2.05, 4.69) is 4.90 Å². The maximum atomic E-state index is 11.9. The molecular formula is C10H22N2O3S. The Morgan fingerprint density at radius 2 is 2.19 bits per heavy atom. The first-order valence-corrected chi connectivity index (χ1v) is 7.33. The van der Waals surface area contributed by atoms with Crippen molar-refractivity contribution < 1.29 is 13.5 Å². The van der Waals surface area contributed by atoms with Crippen LogP contribution in [-0.4, -0.2) is 68.3 Å². The van der Waals surface area contributed by atoms with Crippen LogP contribution in [0.15, 0.2) is 0 Å². The Balaban J connectivity index is 2.58. The average molecular weight is 250 g/mol. The Kier molecular flexibility index (Phi) is 5.17. The van der Waals surface area contributed by atoms with E-state index < -0.39 is 10.0 Å². The van der Waals surface area contributed by atoms with Gasteiger partial charge in [0.2, 0.25) is 10.0 Å². The summed E-state index contributed by atoms with van der Waals surface area (Å²) in [6, 6.07) is 0.0856. The smallest absolute Gasteiger partial charge is 0.214 e. The van der Waals surface area contributed by atoms with Crippen molar-refractivity contribution in [3.63, 3.8) is 0 Å². The number of piperidine rings is 1. The van der Waals surface area contributed by atoms with Crippen LogP contribution >= 0.6 is 0 Å². The quantitative estimate of drug-likeness (QED) is 0.729. The van der Waals surface area contributed by atoms with Gasteiger partial charge in [-0.25, -0.2) is 12.7 Å². The van der Waals surface area contributed by atoms with E-state index in [9.17, 15) is 8.42 Å². The SMILES string of the molecule is CN1CCCC(N(C)S(=O)(=O)CCCO)C1. The average Bonchev–Trinajstić information content (AvgIpc) is 2.25. The number of aliphatic hydroxyl groups excluding tert-OH is 1. The molecule has 0 saturated carbocycles. The number of hydrogen-bond donors (Lipinski definition) is 1. The Labute approximate surface area is 98.1 Å². The van der Waals surface area contributed by atoms with Gasteiger partial charge in [-0.05, 0) is 32.9 Å². The van der Waals surface area contributed by atoms with Gasteiger partial charge >= 0.3 is 0 Å². The molecule has 0 aromatic heterocycles. The second-order valence-corrected chi connectivity index (χ2v) is 6.62. The molecule has 1 rings (SSSR count). The van der Waals surface area contributed by atoms with E-state index in [1.54, 1.807) is 7.05 Å². The number of hydrogen-bond acceptors (Lipinski definition) is 4. The Morgan fingerprint density at radius 1 is 1.50 bits per heavy atom. The molecule has 0 amide bonds. The van der Waals surface area contributed by atoms with Crippen LogP contribution in [0.5, 0.6) is 0 Å². The number of rotatable bonds is 5. The molecule has 0 radical (unpaired) electrons. The molecule has 6 heteroatoms. The summed E-state index contributed by atoms with van der Waals surface area (Å²) in [5.41, 5.74) is 0. The van der Waals surface area contributed by atoms with Crippen LogP contribution in [0.25, 0.3) is 0 Å². The standard InChI is InChI=1S/C10H22N2O3S/c1-11-6-3-5-10(9-11)12(2)16(14,15)8-4-7-13/h10,13H,3-9H2,1-2H3. The first-order valence-electron chi connectivity index (χ1n) is 5.72. The fourth-order valence-corrected chi connectivity index (χ4v) is 3.46. The van der Waals surface area contributed by atoms with Crippen molar-refractivity contribution in [3.05, 3.63) is 0 Å². The summed E-state index contributed by atoms with van der Waals surface area (Å²) in [6.45, 7) is 1.77. The molecule has 1 heterocycles. The van der Waals surface area contributed by atoms with E-state index in [1.165, 1.54) is 4.31 Å². The molecular weight excluding hydrogens is 228 g/mol. The van der Waals surface area contributed by atoms with Crippen LogP contribution in [0.2, 0.25) is 0 Å². The molecule has 0 bridgehead atoms. The van der Waals surface area contributed by atoms with Crippen molar-refractivity contribution in [1.82, 2.24) is 9.21 Å². The zero-order valence-electron chi connectivity index (χ0n) is 10.1. The second kappa shape index (κ2) is 5.95. The summed E-state index contributed by atoms with van der Waals surface area (Å²) < 4.78 is 25.3. The molecule has 1 saturated heterocycles. The largest absolute Gasteiger partial charge is 0.396 e. The molecule has 1 N–H and O–H groups in total. The minimum atomic E-state index is -3.20. The van der Waals surface area contributed by atoms with Gasteiger partial charge in [0.1, 0.15) is 0 Å². The van der Waals surface area contributed by atoms with Crippen LogP contribution in [0.1, 0.15) is 19.3 Å². The molecule has 1 atom stereocenters. The lowest BCUT2D eigenvalue weighted by Gasteiger charge is -2.35. The third-order valence-electron chi connectivity index (χ3n) is 3.11. The van der Waals surface area contributed by atoms with Gasteiger partial charge in [0, 0.05) is 26.2 Å². The summed E-state index contributed by atoms with van der Waals surface area (Å²) in [5, 5.41) is 8.67. The van der Waals surface area contributed by atoms with Crippen molar-refractivity contribution in [2.24, 2.45) is 0 Å². The maximum Gasteiger partial charge on any atom is 0.214 e. The van der Waals surface area contributed by atoms with Crippen molar-refractivity contribution in [1.29, 1.82) is 0 Å². The minimum Gasteiger partial charge on any atom is -0.396 e. The second-order valence-electron chi connectivity index (χ2n) is 4.47. The van der Waals surface area contributed by atoms with Crippen LogP contribution in [0.3, 0.4) is 0 Å². The van der Waals surface area contributed by atoms with E-state index in [0.29, 0.717) is 6.42 Å². The van der Waals surface area contributed by atoms with Crippen LogP contribution in [-0.2, 0) is 10.0 Å². The summed E-state index contributed by atoms with van der Waals surface area (Å²) in [6.07, 6.45) is 2.29. The molecule has 96 valence electrons. The number of likely N-dealkylation sites (N-methyl/N-ethyl adjacent to an activating group) is 2. The maximum absolute atomic E-state index is 11.9. The van der Waals surface area contributed by atoms with Gasteiger partial charge in [-0.2, -0.15) is 0 Å². The molecule has 1 fully saturated rings. The van der Waals surface area contributed by atoms with Crippen molar-refractivity contribution in [3.8, 4) is 0 Å². The van der Waals surface area contributed by atoms with E-state index >= 15 is 0 Å². The first kappa shape index (κ1) is 13.9. The van der Waals surface area contributed by atoms with E-state index in [-0.39, 0.29) is 18.4 Å². The summed E-state index contributed by atoms with van der Waals surface area (Å²) in [7, 11) is 0.465. The van der Waals surface area contributed by atoms with E-state index in [0.717, 1.165) is 25.9 Å². The monoisotopic (exact) mass is 250 g/mol. The zero-order valence-corrected chi connectivity index (χ0v) is 10.9. The number of nitrogens with zero attached hydrogens (tertiary/aromatic N) is 2. The van der Waals surface area contributed by atoms with Crippen molar-refractivity contribution in [2.45, 2.75) is 25.3 Å². The highest BCUT2D eigenvalue weighted by Crippen LogP contribution is 2.16. The Bertz CT molecular complexity index is 305. The lowest BCUT2D eigenvalue weighted by Crippen LogP contribution is -2.47. The van der Waals surface area contributed by atoms with Crippen LogP contribution in [0.4, 0.5) is 0 Å². The first-order chi connectivity index (χ1) is 7.47. The molecule has 1 aliphatic heterocycles. The van der Waals surface area contributed by atoms with Crippen molar-refractivity contribution >= 4 is 10.0 Å². The topological polar surface area (TPSA) is 60.9 Å². The van der Waals surface area contributed by atoms with Gasteiger partial charge in [0.05, 0.1) is 5.75 Å². The molecule has 1 aliphatic rings. The molecule has 16 heavy (non-hydrogen) atoms. The number of aliphatic hydroxyl groups is 1. The van der Waals surface area contributed by atoms with Gasteiger partial charge in [-0.1, -0.05) is 0 Å². The molecule has 1 unspecified atom stereocenters. The highest BCUT2D eigenvalue weighted by atomic mass is 32.2. The third kappa shape index (κ3) is 3.69. The zero-order chi connectivity index (χ0) is 12.2. The predicted octanol–water partition coefficient (Wildman–Crippen LogP) is -0.275. The number of sulfonamides is 1. The van der Waals surface area contributed by atoms with Crippen molar-refractivity contribution in [2.75, 3.05) is 39.5 Å². The summed E-state index contributed by atoms with van der Waals surface area (Å²) >= 11 is 0. The van der Waals surface area contributed by atoms with Gasteiger partial charge in [-0.15, -0.1) is 0 Å². The molecule has 0 aromatic rings. The lowest BCUT2D eigenvalue weighted by atomic mass is 10.1. The van der Waals surface area contributed by atoms with Crippen LogP contribution < -0.4 is 0 Å². The van der Waals surface area contributed by atoms with E-state index in [4.69, 9.17) is 5.11 Å². The predicted molar refractivity (Wildman–Crippen MR) is 63.8 cm³/mol. The van der Waals surface area contributed by atoms with E-state index in [1.807, 2.05) is 7.05 Å². The third-order valence-corrected chi connectivity index (χ3v) is 5.09. The highest BCUT2D eigenvalue weighted by molar-refractivity contribution is 7.89. The van der Waals surface area contributed by atoms with Gasteiger partial charge in [-0.3, -0.25) is 0 Å². The fraction of sp³-hybridized carbons (Fsp3) is 1.00. The normalized spacial score (nSPS) is 23.9. The summed E-state index contributed by atoms with van der Waals surface area (Å²) in [4.78, 5) is 2.16.